The standard InChI is InChI=1S/C24H31N5O3/c30-23(18-3-4-18)28-10-7-20-19(14-28)24(31)29-22(25-20)12-21(26-29)17-5-8-27(9-6-17)13-16-2-1-11-32-15-16/h2,12,17-18,26H,1,3-11,13-15H2. The molecule has 2 aromatic rings. The molecular formula is C24H31N5O3. The maximum atomic E-state index is 13.2. The van der Waals surface area contributed by atoms with E-state index in [4.69, 9.17) is 9.72 Å². The molecule has 2 aromatic heterocycles. The van der Waals surface area contributed by atoms with Crippen LogP contribution in [0.2, 0.25) is 0 Å². The average molecular weight is 438 g/mol. The first kappa shape index (κ1) is 20.2. The predicted molar refractivity (Wildman–Crippen MR) is 120 cm³/mol. The van der Waals surface area contributed by atoms with Crippen molar-refractivity contribution in [1.82, 2.24) is 24.4 Å². The molecule has 0 spiro atoms. The third-order valence-electron chi connectivity index (χ3n) is 7.46. The van der Waals surface area contributed by atoms with Crippen molar-refractivity contribution < 1.29 is 9.53 Å². The molecule has 8 heteroatoms. The van der Waals surface area contributed by atoms with Crippen LogP contribution in [0, 0.1) is 5.92 Å². The molecule has 0 unspecified atom stereocenters. The number of rotatable bonds is 4. The summed E-state index contributed by atoms with van der Waals surface area (Å²) in [6.07, 6.45) is 8.13. The fourth-order valence-corrected chi connectivity index (χ4v) is 5.39. The number of fused-ring (bicyclic) bond motifs is 2. The van der Waals surface area contributed by atoms with Crippen LogP contribution >= 0.6 is 0 Å². The smallest absolute Gasteiger partial charge is 0.277 e. The Hall–Kier alpha value is -2.45. The van der Waals surface area contributed by atoms with Crippen molar-refractivity contribution in [2.45, 2.75) is 51.0 Å². The van der Waals surface area contributed by atoms with E-state index in [1.807, 2.05) is 4.90 Å². The van der Waals surface area contributed by atoms with Gasteiger partial charge in [0.15, 0.2) is 5.65 Å². The summed E-state index contributed by atoms with van der Waals surface area (Å²) in [4.78, 5) is 34.9. The van der Waals surface area contributed by atoms with Gasteiger partial charge in [-0.3, -0.25) is 19.6 Å². The van der Waals surface area contributed by atoms with E-state index in [0.717, 1.165) is 76.3 Å². The quantitative estimate of drug-likeness (QED) is 0.738. The summed E-state index contributed by atoms with van der Waals surface area (Å²) >= 11 is 0. The summed E-state index contributed by atoms with van der Waals surface area (Å²) in [5.41, 5.74) is 4.69. The Labute approximate surface area is 187 Å². The zero-order valence-electron chi connectivity index (χ0n) is 18.5. The van der Waals surface area contributed by atoms with Crippen molar-refractivity contribution in [3.63, 3.8) is 0 Å². The number of aromatic amines is 1. The number of likely N-dealkylation sites (tertiary alicyclic amines) is 1. The van der Waals surface area contributed by atoms with Crippen LogP contribution in [0.15, 0.2) is 22.5 Å². The van der Waals surface area contributed by atoms with E-state index in [9.17, 15) is 9.59 Å². The first-order valence-corrected chi connectivity index (χ1v) is 12.1. The van der Waals surface area contributed by atoms with E-state index in [1.165, 1.54) is 5.57 Å². The number of carbonyl (C=O) groups excluding carboxylic acids is 1. The Bertz CT molecular complexity index is 1120. The van der Waals surface area contributed by atoms with Gasteiger partial charge in [-0.25, -0.2) is 9.50 Å². The Morgan fingerprint density at radius 3 is 2.78 bits per heavy atom. The topological polar surface area (TPSA) is 82.9 Å². The maximum Gasteiger partial charge on any atom is 0.277 e. The Morgan fingerprint density at radius 2 is 2.03 bits per heavy atom. The molecule has 8 nitrogen and oxygen atoms in total. The molecule has 1 N–H and O–H groups in total. The molecule has 32 heavy (non-hydrogen) atoms. The normalized spacial score (nSPS) is 22.8. The van der Waals surface area contributed by atoms with Crippen LogP contribution in [-0.4, -0.2) is 69.7 Å². The maximum absolute atomic E-state index is 13.2. The van der Waals surface area contributed by atoms with E-state index in [0.29, 0.717) is 36.6 Å². The first-order chi connectivity index (χ1) is 15.7. The molecule has 1 amide bonds. The van der Waals surface area contributed by atoms with Crippen molar-refractivity contribution in [2.24, 2.45) is 5.92 Å². The number of hydrogen-bond donors (Lipinski definition) is 1. The van der Waals surface area contributed by atoms with Gasteiger partial charge in [-0.05, 0) is 50.8 Å². The number of aromatic nitrogens is 3. The summed E-state index contributed by atoms with van der Waals surface area (Å²) in [5, 5.41) is 3.35. The highest BCUT2D eigenvalue weighted by atomic mass is 16.5. The summed E-state index contributed by atoms with van der Waals surface area (Å²) in [6.45, 7) is 5.78. The molecular weight excluding hydrogens is 406 g/mol. The molecule has 4 aliphatic rings. The zero-order chi connectivity index (χ0) is 21.7. The Morgan fingerprint density at radius 1 is 1.19 bits per heavy atom. The van der Waals surface area contributed by atoms with Crippen molar-refractivity contribution >= 4 is 11.6 Å². The fourth-order valence-electron chi connectivity index (χ4n) is 5.39. The monoisotopic (exact) mass is 437 g/mol. The number of carbonyl (C=O) groups is 1. The third kappa shape index (κ3) is 3.79. The number of piperidine rings is 1. The minimum atomic E-state index is -0.0498. The van der Waals surface area contributed by atoms with Crippen molar-refractivity contribution in [1.29, 1.82) is 0 Å². The zero-order valence-corrected chi connectivity index (χ0v) is 18.5. The number of nitrogens with zero attached hydrogens (tertiary/aromatic N) is 4. The lowest BCUT2D eigenvalue weighted by molar-refractivity contribution is -0.133. The van der Waals surface area contributed by atoms with Crippen LogP contribution in [0.5, 0.6) is 0 Å². The Kier molecular flexibility index (Phi) is 5.14. The lowest BCUT2D eigenvalue weighted by Crippen LogP contribution is -2.40. The van der Waals surface area contributed by atoms with Crippen LogP contribution in [0.1, 0.15) is 55.0 Å². The number of ether oxygens (including phenoxy) is 1. The van der Waals surface area contributed by atoms with Gasteiger partial charge in [0.25, 0.3) is 5.56 Å². The van der Waals surface area contributed by atoms with Gasteiger partial charge in [0.2, 0.25) is 5.91 Å². The summed E-state index contributed by atoms with van der Waals surface area (Å²) in [5.74, 6) is 0.796. The number of H-pyrrole nitrogens is 1. The van der Waals surface area contributed by atoms with E-state index in [-0.39, 0.29) is 17.4 Å². The lowest BCUT2D eigenvalue weighted by Gasteiger charge is -2.32. The lowest BCUT2D eigenvalue weighted by atomic mass is 9.93. The van der Waals surface area contributed by atoms with Crippen molar-refractivity contribution in [3.05, 3.63) is 45.0 Å². The van der Waals surface area contributed by atoms with E-state index in [2.05, 4.69) is 22.1 Å². The first-order valence-electron chi connectivity index (χ1n) is 12.1. The molecule has 1 saturated carbocycles. The molecule has 0 bridgehead atoms. The minimum absolute atomic E-state index is 0.0498. The molecule has 0 atom stereocenters. The fraction of sp³-hybridized carbons (Fsp3) is 0.625. The molecule has 1 saturated heterocycles. The largest absolute Gasteiger partial charge is 0.377 e. The molecule has 0 aromatic carbocycles. The van der Waals surface area contributed by atoms with Gasteiger partial charge >= 0.3 is 0 Å². The van der Waals surface area contributed by atoms with Gasteiger partial charge in [0, 0.05) is 43.1 Å². The van der Waals surface area contributed by atoms with E-state index >= 15 is 0 Å². The van der Waals surface area contributed by atoms with Crippen LogP contribution in [0.3, 0.4) is 0 Å². The van der Waals surface area contributed by atoms with Gasteiger partial charge in [0.1, 0.15) is 0 Å². The van der Waals surface area contributed by atoms with Crippen LogP contribution in [-0.2, 0) is 22.5 Å². The Balaban J connectivity index is 1.17. The van der Waals surface area contributed by atoms with Crippen molar-refractivity contribution in [2.75, 3.05) is 39.4 Å². The highest BCUT2D eigenvalue weighted by molar-refractivity contribution is 5.81. The van der Waals surface area contributed by atoms with Gasteiger partial charge in [-0.2, -0.15) is 0 Å². The van der Waals surface area contributed by atoms with E-state index < -0.39 is 0 Å². The highest BCUT2D eigenvalue weighted by Gasteiger charge is 2.35. The minimum Gasteiger partial charge on any atom is -0.377 e. The summed E-state index contributed by atoms with van der Waals surface area (Å²) in [6, 6.07) is 2.06. The molecule has 3 aliphatic heterocycles. The highest BCUT2D eigenvalue weighted by Crippen LogP contribution is 2.32. The summed E-state index contributed by atoms with van der Waals surface area (Å²) in [7, 11) is 0. The SMILES string of the molecule is O=C(C1CC1)N1CCc2nc3cc(C4CCN(CC5=CCCOC5)CC4)[nH]n3c(=O)c2C1. The molecule has 1 aliphatic carbocycles. The predicted octanol–water partition coefficient (Wildman–Crippen LogP) is 1.84. The molecule has 170 valence electrons. The average Bonchev–Trinajstić information content (AvgIpc) is 3.59. The van der Waals surface area contributed by atoms with E-state index in [1.54, 1.807) is 4.52 Å². The second-order valence-electron chi connectivity index (χ2n) is 9.79. The van der Waals surface area contributed by atoms with Crippen LogP contribution in [0.25, 0.3) is 5.65 Å². The number of amides is 1. The van der Waals surface area contributed by atoms with Gasteiger partial charge in [0.05, 0.1) is 31.0 Å². The van der Waals surface area contributed by atoms with Gasteiger partial charge < -0.3 is 9.64 Å². The molecule has 0 radical (unpaired) electrons. The second-order valence-corrected chi connectivity index (χ2v) is 9.79. The summed E-state index contributed by atoms with van der Waals surface area (Å²) < 4.78 is 7.17. The molecule has 2 fully saturated rings. The van der Waals surface area contributed by atoms with Gasteiger partial charge in [-0.15, -0.1) is 0 Å². The molecule has 6 rings (SSSR count). The third-order valence-corrected chi connectivity index (χ3v) is 7.46. The van der Waals surface area contributed by atoms with Crippen LogP contribution in [0.4, 0.5) is 0 Å². The van der Waals surface area contributed by atoms with Crippen molar-refractivity contribution in [3.8, 4) is 0 Å². The second kappa shape index (κ2) is 8.15. The number of hydrogen-bond acceptors (Lipinski definition) is 5. The van der Waals surface area contributed by atoms with Crippen LogP contribution < -0.4 is 5.56 Å². The number of nitrogens with one attached hydrogen (secondary N) is 1. The van der Waals surface area contributed by atoms with Gasteiger partial charge in [-0.1, -0.05) is 6.08 Å². The molecule has 5 heterocycles.